The Morgan fingerprint density at radius 3 is 1.71 bits per heavy atom. The van der Waals surface area contributed by atoms with Gasteiger partial charge in [0.1, 0.15) is 0 Å². The van der Waals surface area contributed by atoms with E-state index in [4.69, 9.17) is 0 Å². The van der Waals surface area contributed by atoms with Crippen LogP contribution in [0.5, 0.6) is 0 Å². The van der Waals surface area contributed by atoms with Gasteiger partial charge in [-0.05, 0) is 31.1 Å². The molecule has 0 aromatic heterocycles. The van der Waals surface area contributed by atoms with E-state index in [0.29, 0.717) is 0 Å². The highest BCUT2D eigenvalue weighted by Crippen LogP contribution is 2.23. The van der Waals surface area contributed by atoms with Gasteiger partial charge in [-0.25, -0.2) is 0 Å². The molecule has 0 saturated carbocycles. The van der Waals surface area contributed by atoms with Crippen LogP contribution in [0.2, 0.25) is 0 Å². The van der Waals surface area contributed by atoms with Crippen LogP contribution in [0.15, 0.2) is 12.7 Å². The van der Waals surface area contributed by atoms with Crippen molar-refractivity contribution in [3.05, 3.63) is 12.7 Å². The van der Waals surface area contributed by atoms with Crippen LogP contribution in [0.25, 0.3) is 0 Å². The fourth-order valence-corrected chi connectivity index (χ4v) is 2.89. The highest BCUT2D eigenvalue weighted by molar-refractivity contribution is 4.91. The Balaban J connectivity index is 3.56. The van der Waals surface area contributed by atoms with Crippen molar-refractivity contribution in [2.45, 2.75) is 98.0 Å². The predicted molar refractivity (Wildman–Crippen MR) is 95.5 cm³/mol. The monoisotopic (exact) mass is 296 g/mol. The summed E-state index contributed by atoms with van der Waals surface area (Å²) in [4.78, 5) is 0. The van der Waals surface area contributed by atoms with Crippen LogP contribution < -0.4 is 0 Å². The van der Waals surface area contributed by atoms with Crippen molar-refractivity contribution in [1.82, 2.24) is 0 Å². The smallest absolute Gasteiger partial charge is 0.0797 e. The van der Waals surface area contributed by atoms with Crippen LogP contribution in [0, 0.1) is 17.8 Å². The summed E-state index contributed by atoms with van der Waals surface area (Å²) in [6, 6.07) is 0. The average Bonchev–Trinajstić information content (AvgIpc) is 2.38. The van der Waals surface area contributed by atoms with Gasteiger partial charge in [0.15, 0.2) is 0 Å². The summed E-state index contributed by atoms with van der Waals surface area (Å²) < 4.78 is 0. The van der Waals surface area contributed by atoms with Gasteiger partial charge in [0.2, 0.25) is 0 Å². The third kappa shape index (κ3) is 13.1. The van der Waals surface area contributed by atoms with Gasteiger partial charge in [0, 0.05) is 0 Å². The second kappa shape index (κ2) is 11.3. The molecule has 0 aromatic rings. The van der Waals surface area contributed by atoms with Crippen molar-refractivity contribution < 1.29 is 5.11 Å². The lowest BCUT2D eigenvalue weighted by Crippen LogP contribution is -2.20. The van der Waals surface area contributed by atoms with E-state index >= 15 is 0 Å². The fourth-order valence-electron chi connectivity index (χ4n) is 2.89. The number of hydrogen-bond donors (Lipinski definition) is 1. The van der Waals surface area contributed by atoms with Crippen molar-refractivity contribution in [2.24, 2.45) is 17.8 Å². The molecule has 21 heavy (non-hydrogen) atoms. The fraction of sp³-hybridized carbons (Fsp3) is 0.900. The van der Waals surface area contributed by atoms with Crippen molar-refractivity contribution in [1.29, 1.82) is 0 Å². The summed E-state index contributed by atoms with van der Waals surface area (Å²) in [5, 5.41) is 9.89. The molecule has 0 heterocycles. The zero-order valence-electron chi connectivity index (χ0n) is 15.3. The quantitative estimate of drug-likeness (QED) is 0.392. The lowest BCUT2D eigenvalue weighted by atomic mass is 9.90. The van der Waals surface area contributed by atoms with Gasteiger partial charge in [-0.1, -0.05) is 85.1 Å². The van der Waals surface area contributed by atoms with Crippen molar-refractivity contribution in [2.75, 3.05) is 0 Å². The van der Waals surface area contributed by atoms with E-state index in [9.17, 15) is 5.11 Å². The van der Waals surface area contributed by atoms with E-state index in [0.717, 1.165) is 30.6 Å². The van der Waals surface area contributed by atoms with Gasteiger partial charge in [-0.3, -0.25) is 0 Å². The zero-order valence-corrected chi connectivity index (χ0v) is 15.3. The van der Waals surface area contributed by atoms with Crippen molar-refractivity contribution in [3.8, 4) is 0 Å². The van der Waals surface area contributed by atoms with Crippen LogP contribution in [-0.4, -0.2) is 10.7 Å². The summed E-state index contributed by atoms with van der Waals surface area (Å²) >= 11 is 0. The summed E-state index contributed by atoms with van der Waals surface area (Å²) in [6.45, 7) is 14.9. The third-order valence-corrected chi connectivity index (χ3v) is 4.69. The zero-order chi connectivity index (χ0) is 16.3. The van der Waals surface area contributed by atoms with E-state index in [1.807, 2.05) is 6.92 Å². The maximum Gasteiger partial charge on any atom is 0.0797 e. The molecular weight excluding hydrogens is 256 g/mol. The SMILES string of the molecule is C=C[C@](C)(O)CCC[C@@H](C)CCC[C@H](C)CCCC(C)C. The minimum Gasteiger partial charge on any atom is -0.386 e. The normalized spacial score (nSPS) is 17.5. The summed E-state index contributed by atoms with van der Waals surface area (Å²) in [6.07, 6.45) is 13.1. The Labute approximate surface area is 134 Å². The van der Waals surface area contributed by atoms with E-state index in [1.165, 1.54) is 44.9 Å². The lowest BCUT2D eigenvalue weighted by molar-refractivity contribution is 0.0974. The number of rotatable bonds is 13. The number of hydrogen-bond acceptors (Lipinski definition) is 1. The molecule has 0 radical (unpaired) electrons. The molecule has 0 aliphatic heterocycles. The van der Waals surface area contributed by atoms with Gasteiger partial charge >= 0.3 is 0 Å². The molecule has 0 saturated heterocycles. The highest BCUT2D eigenvalue weighted by Gasteiger charge is 2.15. The van der Waals surface area contributed by atoms with Crippen molar-refractivity contribution >= 4 is 0 Å². The van der Waals surface area contributed by atoms with Crippen LogP contribution in [0.3, 0.4) is 0 Å². The number of aliphatic hydroxyl groups is 1. The molecule has 0 spiro atoms. The van der Waals surface area contributed by atoms with Crippen LogP contribution in [0.1, 0.15) is 92.4 Å². The first kappa shape index (κ1) is 20.7. The molecule has 0 unspecified atom stereocenters. The van der Waals surface area contributed by atoms with E-state index in [-0.39, 0.29) is 0 Å². The lowest BCUT2D eigenvalue weighted by Gasteiger charge is -2.20. The highest BCUT2D eigenvalue weighted by atomic mass is 16.3. The topological polar surface area (TPSA) is 20.2 Å². The van der Waals surface area contributed by atoms with E-state index in [1.54, 1.807) is 6.08 Å². The standard InChI is InChI=1S/C20H40O/c1-7-20(6,21)16-10-15-19(5)14-9-13-18(4)12-8-11-17(2)3/h7,17-19,21H,1,8-16H2,2-6H3/t18-,19+,20+/m1/s1. The van der Waals surface area contributed by atoms with E-state index in [2.05, 4.69) is 34.3 Å². The molecule has 126 valence electrons. The largest absolute Gasteiger partial charge is 0.386 e. The average molecular weight is 297 g/mol. The molecule has 0 aliphatic rings. The van der Waals surface area contributed by atoms with Gasteiger partial charge in [-0.15, -0.1) is 6.58 Å². The second-order valence-corrected chi connectivity index (χ2v) is 7.92. The molecule has 0 fully saturated rings. The minimum atomic E-state index is -0.676. The Morgan fingerprint density at radius 1 is 0.857 bits per heavy atom. The molecule has 0 aromatic carbocycles. The molecule has 0 rings (SSSR count). The maximum atomic E-state index is 9.89. The summed E-state index contributed by atoms with van der Waals surface area (Å²) in [5.74, 6) is 2.52. The van der Waals surface area contributed by atoms with Gasteiger partial charge < -0.3 is 5.11 Å². The Bertz CT molecular complexity index is 255. The predicted octanol–water partition coefficient (Wildman–Crippen LogP) is 6.36. The molecule has 0 bridgehead atoms. The molecule has 0 amide bonds. The molecule has 1 nitrogen and oxygen atoms in total. The van der Waals surface area contributed by atoms with Crippen molar-refractivity contribution in [3.63, 3.8) is 0 Å². The third-order valence-electron chi connectivity index (χ3n) is 4.69. The maximum absolute atomic E-state index is 9.89. The van der Waals surface area contributed by atoms with Crippen LogP contribution in [0.4, 0.5) is 0 Å². The molecule has 3 atom stereocenters. The van der Waals surface area contributed by atoms with Gasteiger partial charge in [-0.2, -0.15) is 0 Å². The second-order valence-electron chi connectivity index (χ2n) is 7.92. The molecule has 1 N–H and O–H groups in total. The minimum absolute atomic E-state index is 0.676. The van der Waals surface area contributed by atoms with E-state index < -0.39 is 5.60 Å². The first-order valence-corrected chi connectivity index (χ1v) is 9.12. The van der Waals surface area contributed by atoms with Crippen LogP contribution in [-0.2, 0) is 0 Å². The Morgan fingerprint density at radius 2 is 1.29 bits per heavy atom. The van der Waals surface area contributed by atoms with Gasteiger partial charge in [0.25, 0.3) is 0 Å². The Hall–Kier alpha value is -0.300. The molecule has 0 aliphatic carbocycles. The molecule has 1 heteroatoms. The summed E-state index contributed by atoms with van der Waals surface area (Å²) in [5.41, 5.74) is -0.676. The van der Waals surface area contributed by atoms with Crippen LogP contribution >= 0.6 is 0 Å². The first-order valence-electron chi connectivity index (χ1n) is 9.12. The first-order chi connectivity index (χ1) is 9.76. The molecular formula is C20H40O. The van der Waals surface area contributed by atoms with Gasteiger partial charge in [0.05, 0.1) is 5.60 Å². The summed E-state index contributed by atoms with van der Waals surface area (Å²) in [7, 11) is 0. The Kier molecular flexibility index (Phi) is 11.1.